The maximum atomic E-state index is 13.7. The number of hydrogen-bond acceptors (Lipinski definition) is 2. The topological polar surface area (TPSA) is 33.6 Å². The largest absolute Gasteiger partial charge is 0.279 e. The monoisotopic (exact) mass is 241 g/mol. The summed E-state index contributed by atoms with van der Waals surface area (Å²) in [6.07, 6.45) is 0. The Morgan fingerprint density at radius 1 is 1.38 bits per heavy atom. The number of aromatic amines is 1. The molecule has 1 aromatic heterocycles. The summed E-state index contributed by atoms with van der Waals surface area (Å²) in [5.41, 5.74) is 0.188. The molecule has 2 aromatic rings. The van der Waals surface area contributed by atoms with Gasteiger partial charge in [0.2, 0.25) is 4.77 Å². The standard InChI is InChI=1S/C10H9F2N3S/c1-5-3-4-6(11)7(8(5)12)9-13-10(16)15(2)14-9/h3-4H,1-2H3,(H,13,14,16). The van der Waals surface area contributed by atoms with E-state index in [0.29, 0.717) is 5.56 Å². The molecule has 2 rings (SSSR count). The number of nitrogens with zero attached hydrogens (tertiary/aromatic N) is 2. The van der Waals surface area contributed by atoms with Crippen molar-refractivity contribution in [1.29, 1.82) is 0 Å². The molecule has 6 heteroatoms. The summed E-state index contributed by atoms with van der Waals surface area (Å²) in [5.74, 6) is -1.18. The van der Waals surface area contributed by atoms with Crippen molar-refractivity contribution in [3.63, 3.8) is 0 Å². The fourth-order valence-electron chi connectivity index (χ4n) is 1.39. The van der Waals surface area contributed by atoms with Gasteiger partial charge in [0.05, 0.1) is 5.56 Å². The van der Waals surface area contributed by atoms with Crippen LogP contribution in [0.2, 0.25) is 0 Å². The number of H-pyrrole nitrogens is 1. The summed E-state index contributed by atoms with van der Waals surface area (Å²) in [5, 5.41) is 2.69. The van der Waals surface area contributed by atoms with Crippen LogP contribution in [0.3, 0.4) is 0 Å². The molecule has 0 radical (unpaired) electrons. The number of hydrogen-bond donors (Lipinski definition) is 1. The van der Waals surface area contributed by atoms with Gasteiger partial charge in [-0.1, -0.05) is 6.07 Å². The predicted molar refractivity (Wildman–Crippen MR) is 58.5 cm³/mol. The first-order valence-electron chi connectivity index (χ1n) is 4.58. The van der Waals surface area contributed by atoms with Crippen molar-refractivity contribution in [3.05, 3.63) is 34.1 Å². The van der Waals surface area contributed by atoms with Crippen LogP contribution < -0.4 is 0 Å². The zero-order valence-corrected chi connectivity index (χ0v) is 9.53. The van der Waals surface area contributed by atoms with Gasteiger partial charge < -0.3 is 0 Å². The van der Waals surface area contributed by atoms with Gasteiger partial charge in [-0.15, -0.1) is 0 Å². The number of aromatic nitrogens is 3. The van der Waals surface area contributed by atoms with Crippen molar-refractivity contribution >= 4 is 12.2 Å². The van der Waals surface area contributed by atoms with E-state index in [0.717, 1.165) is 0 Å². The number of rotatable bonds is 1. The molecule has 0 bridgehead atoms. The molecule has 1 heterocycles. The zero-order valence-electron chi connectivity index (χ0n) is 8.71. The van der Waals surface area contributed by atoms with Crippen LogP contribution in [0.15, 0.2) is 12.1 Å². The third-order valence-electron chi connectivity index (χ3n) is 2.29. The Hall–Kier alpha value is -1.56. The first-order chi connectivity index (χ1) is 7.50. The predicted octanol–water partition coefficient (Wildman–Crippen LogP) is 2.73. The van der Waals surface area contributed by atoms with E-state index >= 15 is 0 Å². The summed E-state index contributed by atoms with van der Waals surface area (Å²) in [6.45, 7) is 1.57. The second-order valence-corrected chi connectivity index (χ2v) is 3.83. The molecule has 1 N–H and O–H groups in total. The normalized spacial score (nSPS) is 10.8. The van der Waals surface area contributed by atoms with E-state index < -0.39 is 11.6 Å². The van der Waals surface area contributed by atoms with Crippen LogP contribution in [-0.4, -0.2) is 14.8 Å². The Labute approximate surface area is 95.7 Å². The molecule has 0 aliphatic rings. The van der Waals surface area contributed by atoms with Crippen molar-refractivity contribution in [2.75, 3.05) is 0 Å². The molecule has 0 saturated carbocycles. The van der Waals surface area contributed by atoms with Gasteiger partial charge >= 0.3 is 0 Å². The molecule has 0 aliphatic carbocycles. The highest BCUT2D eigenvalue weighted by atomic mass is 32.1. The van der Waals surface area contributed by atoms with Crippen molar-refractivity contribution < 1.29 is 8.78 Å². The van der Waals surface area contributed by atoms with Crippen LogP contribution >= 0.6 is 12.2 Å². The molecule has 0 atom stereocenters. The van der Waals surface area contributed by atoms with Gasteiger partial charge in [-0.3, -0.25) is 9.78 Å². The van der Waals surface area contributed by atoms with Gasteiger partial charge in [-0.2, -0.15) is 4.98 Å². The Kier molecular flexibility index (Phi) is 2.59. The maximum Gasteiger partial charge on any atom is 0.216 e. The fraction of sp³-hybridized carbons (Fsp3) is 0.200. The van der Waals surface area contributed by atoms with Crippen LogP contribution in [0, 0.1) is 23.3 Å². The van der Waals surface area contributed by atoms with Gasteiger partial charge in [-0.05, 0) is 30.8 Å². The van der Waals surface area contributed by atoms with Gasteiger partial charge in [0.25, 0.3) is 0 Å². The Morgan fingerprint density at radius 3 is 2.62 bits per heavy atom. The molecule has 0 aliphatic heterocycles. The highest BCUT2D eigenvalue weighted by molar-refractivity contribution is 7.71. The zero-order chi connectivity index (χ0) is 11.9. The molecule has 0 amide bonds. The SMILES string of the molecule is Cc1ccc(F)c(-c2nc(=S)n(C)[nH]2)c1F. The first kappa shape index (κ1) is 10.9. The molecule has 0 spiro atoms. The first-order valence-corrected chi connectivity index (χ1v) is 4.99. The summed E-state index contributed by atoms with van der Waals surface area (Å²) >= 11 is 4.87. The lowest BCUT2D eigenvalue weighted by molar-refractivity contribution is 0.581. The average Bonchev–Trinajstić information content (AvgIpc) is 2.54. The van der Waals surface area contributed by atoms with Crippen LogP contribution in [0.25, 0.3) is 11.4 Å². The van der Waals surface area contributed by atoms with Crippen molar-refractivity contribution in [1.82, 2.24) is 14.8 Å². The summed E-state index contributed by atoms with van der Waals surface area (Å²) in [4.78, 5) is 3.89. The lowest BCUT2D eigenvalue weighted by atomic mass is 10.1. The minimum absolute atomic E-state index is 0.103. The van der Waals surface area contributed by atoms with E-state index in [1.165, 1.54) is 16.8 Å². The summed E-state index contributed by atoms with van der Waals surface area (Å²) in [6, 6.07) is 2.59. The summed E-state index contributed by atoms with van der Waals surface area (Å²) < 4.78 is 28.9. The van der Waals surface area contributed by atoms with Crippen LogP contribution in [0.5, 0.6) is 0 Å². The Balaban J connectivity index is 2.73. The Bertz CT molecular complexity index is 601. The molecule has 0 saturated heterocycles. The third-order valence-corrected chi connectivity index (χ3v) is 2.65. The number of halogens is 2. The van der Waals surface area contributed by atoms with Crippen molar-refractivity contribution in [2.24, 2.45) is 7.05 Å². The molecule has 0 unspecified atom stereocenters. The molecule has 3 nitrogen and oxygen atoms in total. The molecule has 16 heavy (non-hydrogen) atoms. The van der Waals surface area contributed by atoms with E-state index in [-0.39, 0.29) is 16.2 Å². The average molecular weight is 241 g/mol. The van der Waals surface area contributed by atoms with Gasteiger partial charge in [0.15, 0.2) is 5.82 Å². The molecule has 84 valence electrons. The van der Waals surface area contributed by atoms with E-state index in [1.54, 1.807) is 14.0 Å². The molecular formula is C10H9F2N3S. The van der Waals surface area contributed by atoms with E-state index in [4.69, 9.17) is 12.2 Å². The van der Waals surface area contributed by atoms with E-state index in [2.05, 4.69) is 10.1 Å². The minimum Gasteiger partial charge on any atom is -0.279 e. The van der Waals surface area contributed by atoms with E-state index in [9.17, 15) is 8.78 Å². The fourth-order valence-corrected chi connectivity index (χ4v) is 1.52. The number of nitrogens with one attached hydrogen (secondary N) is 1. The van der Waals surface area contributed by atoms with Crippen molar-refractivity contribution in [2.45, 2.75) is 6.92 Å². The highest BCUT2D eigenvalue weighted by Gasteiger charge is 2.16. The lowest BCUT2D eigenvalue weighted by Gasteiger charge is -2.03. The third kappa shape index (κ3) is 1.65. The van der Waals surface area contributed by atoms with Crippen molar-refractivity contribution in [3.8, 4) is 11.4 Å². The van der Waals surface area contributed by atoms with Gasteiger partial charge in [0.1, 0.15) is 11.6 Å². The number of benzene rings is 1. The van der Waals surface area contributed by atoms with Gasteiger partial charge in [-0.25, -0.2) is 8.78 Å². The minimum atomic E-state index is -0.660. The molecular weight excluding hydrogens is 232 g/mol. The second-order valence-electron chi connectivity index (χ2n) is 3.47. The molecule has 1 aromatic carbocycles. The van der Waals surface area contributed by atoms with Crippen LogP contribution in [-0.2, 0) is 7.05 Å². The van der Waals surface area contributed by atoms with Gasteiger partial charge in [0, 0.05) is 7.05 Å². The molecule has 0 fully saturated rings. The Morgan fingerprint density at radius 2 is 2.06 bits per heavy atom. The van der Waals surface area contributed by atoms with Crippen LogP contribution in [0.4, 0.5) is 8.78 Å². The quantitative estimate of drug-likeness (QED) is 0.779. The smallest absolute Gasteiger partial charge is 0.216 e. The summed E-state index contributed by atoms with van der Waals surface area (Å²) in [7, 11) is 1.63. The van der Waals surface area contributed by atoms with Crippen LogP contribution in [0.1, 0.15) is 5.56 Å². The maximum absolute atomic E-state index is 13.7. The highest BCUT2D eigenvalue weighted by Crippen LogP contribution is 2.24. The lowest BCUT2D eigenvalue weighted by Crippen LogP contribution is -1.96. The number of aryl methyl sites for hydroxylation is 2. The second kappa shape index (κ2) is 3.79. The van der Waals surface area contributed by atoms with E-state index in [1.807, 2.05) is 0 Å².